The first-order valence-corrected chi connectivity index (χ1v) is 13.4. The molecule has 5 atom stereocenters. The summed E-state index contributed by atoms with van der Waals surface area (Å²) < 4.78 is 5.88. The van der Waals surface area contributed by atoms with Crippen LogP contribution in [0.15, 0.2) is 48.5 Å². The Labute approximate surface area is 216 Å². The molecule has 0 spiro atoms. The van der Waals surface area contributed by atoms with Gasteiger partial charge in [0.05, 0.1) is 6.07 Å². The van der Waals surface area contributed by atoms with Crippen molar-refractivity contribution in [3.63, 3.8) is 0 Å². The standard InChI is InChI=1S/C30H31N3O4/c31-15-20(14-18-6-5-11-27(18)34)32-29(35)28-21-13-12-19(21)16-33(28)30(36)37-17-26-24-9-3-1-7-22(24)23-8-2-4-10-25(23)26/h1-4,7-10,18-21,26,28H,5-6,11-14,16-17H2,(H,32,35)/t18-,19-,20-,21-,28-/m0/s1. The van der Waals surface area contributed by atoms with Gasteiger partial charge in [-0.1, -0.05) is 48.5 Å². The molecule has 7 nitrogen and oxygen atoms in total. The first kappa shape index (κ1) is 23.7. The van der Waals surface area contributed by atoms with Crippen LogP contribution >= 0.6 is 0 Å². The van der Waals surface area contributed by atoms with E-state index in [1.807, 2.05) is 24.3 Å². The lowest BCUT2D eigenvalue weighted by molar-refractivity contribution is -0.128. The Morgan fingerprint density at radius 3 is 2.35 bits per heavy atom. The van der Waals surface area contributed by atoms with Crippen LogP contribution in [0.2, 0.25) is 0 Å². The normalized spacial score (nSPS) is 26.5. The first-order valence-electron chi connectivity index (χ1n) is 13.4. The molecule has 2 aromatic carbocycles. The van der Waals surface area contributed by atoms with Crippen molar-refractivity contribution in [2.45, 2.75) is 56.5 Å². The van der Waals surface area contributed by atoms with Gasteiger partial charge in [-0.05, 0) is 66.2 Å². The fourth-order valence-corrected chi connectivity index (χ4v) is 6.86. The van der Waals surface area contributed by atoms with E-state index in [1.54, 1.807) is 4.90 Å². The average Bonchev–Trinajstić information content (AvgIpc) is 3.53. The summed E-state index contributed by atoms with van der Waals surface area (Å²) in [6.07, 6.45) is 3.90. The van der Waals surface area contributed by atoms with E-state index in [0.717, 1.165) is 36.8 Å². The molecule has 2 saturated carbocycles. The number of nitrogens with one attached hydrogen (secondary N) is 1. The zero-order valence-corrected chi connectivity index (χ0v) is 20.8. The summed E-state index contributed by atoms with van der Waals surface area (Å²) in [5.41, 5.74) is 4.62. The highest BCUT2D eigenvalue weighted by Crippen LogP contribution is 2.46. The van der Waals surface area contributed by atoms with Crippen molar-refractivity contribution >= 4 is 17.8 Å². The van der Waals surface area contributed by atoms with Gasteiger partial charge in [0.2, 0.25) is 5.91 Å². The van der Waals surface area contributed by atoms with Gasteiger partial charge >= 0.3 is 6.09 Å². The van der Waals surface area contributed by atoms with E-state index in [0.29, 0.717) is 19.4 Å². The fourth-order valence-electron chi connectivity index (χ4n) is 6.86. The SMILES string of the molecule is N#C[C@H](C[C@@H]1CCCC1=O)NC(=O)[C@@H]1[C@H]2CC[C@H]2CN1C(=O)OCC1c2ccccc2-c2ccccc21. The minimum Gasteiger partial charge on any atom is -0.448 e. The monoisotopic (exact) mass is 497 g/mol. The van der Waals surface area contributed by atoms with Crippen LogP contribution < -0.4 is 5.32 Å². The fraction of sp³-hybridized carbons (Fsp3) is 0.467. The Balaban J connectivity index is 1.14. The van der Waals surface area contributed by atoms with Crippen molar-refractivity contribution < 1.29 is 19.1 Å². The molecule has 3 fully saturated rings. The highest BCUT2D eigenvalue weighted by Gasteiger charge is 2.52. The Kier molecular flexibility index (Phi) is 6.19. The third-order valence-corrected chi connectivity index (χ3v) is 8.91. The quantitative estimate of drug-likeness (QED) is 0.637. The smallest absolute Gasteiger partial charge is 0.410 e. The number of amides is 2. The molecule has 2 aromatic rings. The lowest BCUT2D eigenvalue weighted by atomic mass is 9.73. The molecule has 4 aliphatic rings. The number of ether oxygens (including phenoxy) is 1. The van der Waals surface area contributed by atoms with Gasteiger partial charge in [0, 0.05) is 24.8 Å². The highest BCUT2D eigenvalue weighted by atomic mass is 16.6. The third kappa shape index (κ3) is 4.19. The molecule has 1 aliphatic heterocycles. The number of likely N-dealkylation sites (tertiary alicyclic amines) is 1. The molecule has 1 N–H and O–H groups in total. The number of Topliss-reactive ketones (excluding diaryl/α,β-unsaturated/α-hetero) is 1. The molecular weight excluding hydrogens is 466 g/mol. The average molecular weight is 498 g/mol. The first-order chi connectivity index (χ1) is 18.0. The summed E-state index contributed by atoms with van der Waals surface area (Å²) in [4.78, 5) is 40.3. The van der Waals surface area contributed by atoms with Gasteiger partial charge in [-0.25, -0.2) is 4.79 Å². The molecule has 37 heavy (non-hydrogen) atoms. The van der Waals surface area contributed by atoms with Crippen LogP contribution in [0, 0.1) is 29.1 Å². The molecule has 1 heterocycles. The third-order valence-electron chi connectivity index (χ3n) is 8.91. The number of rotatable bonds is 6. The Hall–Kier alpha value is -3.66. The van der Waals surface area contributed by atoms with Gasteiger partial charge in [0.15, 0.2) is 0 Å². The number of hydrogen-bond acceptors (Lipinski definition) is 5. The van der Waals surface area contributed by atoms with Gasteiger partial charge in [-0.2, -0.15) is 5.26 Å². The van der Waals surface area contributed by atoms with Gasteiger partial charge in [-0.3, -0.25) is 14.5 Å². The molecule has 1 saturated heterocycles. The predicted octanol–water partition coefficient (Wildman–Crippen LogP) is 4.41. The Morgan fingerprint density at radius 2 is 1.76 bits per heavy atom. The minimum atomic E-state index is -0.733. The molecule has 7 heteroatoms. The summed E-state index contributed by atoms with van der Waals surface area (Å²) in [6, 6.07) is 17.2. The molecule has 190 valence electrons. The lowest BCUT2D eigenvalue weighted by Gasteiger charge is -2.33. The number of ketones is 1. The van der Waals surface area contributed by atoms with E-state index in [2.05, 4.69) is 35.7 Å². The largest absolute Gasteiger partial charge is 0.448 e. The summed E-state index contributed by atoms with van der Waals surface area (Å²) >= 11 is 0. The molecule has 6 rings (SSSR count). The van der Waals surface area contributed by atoms with Crippen LogP contribution in [-0.4, -0.2) is 47.9 Å². The van der Waals surface area contributed by atoms with Gasteiger partial charge in [0.1, 0.15) is 24.5 Å². The van der Waals surface area contributed by atoms with Crippen molar-refractivity contribution in [1.82, 2.24) is 10.2 Å². The highest BCUT2D eigenvalue weighted by molar-refractivity contribution is 5.88. The molecule has 2 amide bonds. The number of carbonyl (C=O) groups is 3. The molecule has 0 unspecified atom stereocenters. The van der Waals surface area contributed by atoms with E-state index in [9.17, 15) is 19.6 Å². The number of carbonyl (C=O) groups excluding carboxylic acids is 3. The van der Waals surface area contributed by atoms with Crippen molar-refractivity contribution in [1.29, 1.82) is 5.26 Å². The minimum absolute atomic E-state index is 0.0464. The second-order valence-corrected chi connectivity index (χ2v) is 10.9. The summed E-state index contributed by atoms with van der Waals surface area (Å²) in [6.45, 7) is 0.704. The van der Waals surface area contributed by atoms with Crippen molar-refractivity contribution in [3.8, 4) is 17.2 Å². The van der Waals surface area contributed by atoms with Crippen LogP contribution in [0.4, 0.5) is 4.79 Å². The topological polar surface area (TPSA) is 99.5 Å². The Morgan fingerprint density at radius 1 is 1.05 bits per heavy atom. The number of fused-ring (bicyclic) bond motifs is 4. The molecular formula is C30H31N3O4. The molecule has 0 radical (unpaired) electrons. The maximum Gasteiger partial charge on any atom is 0.410 e. The lowest BCUT2D eigenvalue weighted by Crippen LogP contribution is -2.52. The maximum atomic E-state index is 13.4. The predicted molar refractivity (Wildman–Crippen MR) is 136 cm³/mol. The maximum absolute atomic E-state index is 13.4. The van der Waals surface area contributed by atoms with Crippen LogP contribution in [0.3, 0.4) is 0 Å². The molecule has 3 aliphatic carbocycles. The molecule has 0 bridgehead atoms. The van der Waals surface area contributed by atoms with E-state index < -0.39 is 18.2 Å². The zero-order chi connectivity index (χ0) is 25.5. The van der Waals surface area contributed by atoms with E-state index >= 15 is 0 Å². The summed E-state index contributed by atoms with van der Waals surface area (Å²) in [5.74, 6) is 0.0339. The van der Waals surface area contributed by atoms with Crippen molar-refractivity contribution in [2.24, 2.45) is 17.8 Å². The van der Waals surface area contributed by atoms with Crippen molar-refractivity contribution in [2.75, 3.05) is 13.2 Å². The number of hydrogen-bond donors (Lipinski definition) is 1. The van der Waals surface area contributed by atoms with E-state index in [1.165, 1.54) is 11.1 Å². The van der Waals surface area contributed by atoms with Gasteiger partial charge in [-0.15, -0.1) is 0 Å². The van der Waals surface area contributed by atoms with Crippen LogP contribution in [-0.2, 0) is 14.3 Å². The summed E-state index contributed by atoms with van der Waals surface area (Å²) in [7, 11) is 0. The van der Waals surface area contributed by atoms with E-state index in [-0.39, 0.29) is 42.0 Å². The van der Waals surface area contributed by atoms with Crippen LogP contribution in [0.1, 0.15) is 55.6 Å². The number of nitrogens with zero attached hydrogens (tertiary/aromatic N) is 2. The van der Waals surface area contributed by atoms with Gasteiger partial charge < -0.3 is 10.1 Å². The second kappa shape index (κ2) is 9.66. The van der Waals surface area contributed by atoms with E-state index in [4.69, 9.17) is 4.74 Å². The Bertz CT molecular complexity index is 1240. The van der Waals surface area contributed by atoms with Crippen LogP contribution in [0.5, 0.6) is 0 Å². The van der Waals surface area contributed by atoms with Crippen molar-refractivity contribution in [3.05, 3.63) is 59.7 Å². The summed E-state index contributed by atoms with van der Waals surface area (Å²) in [5, 5.41) is 12.5. The number of benzene rings is 2. The number of nitriles is 1. The van der Waals surface area contributed by atoms with Crippen LogP contribution in [0.25, 0.3) is 11.1 Å². The van der Waals surface area contributed by atoms with Gasteiger partial charge in [0.25, 0.3) is 0 Å². The second-order valence-electron chi connectivity index (χ2n) is 10.9. The molecule has 0 aromatic heterocycles. The zero-order valence-electron chi connectivity index (χ0n) is 20.8.